The average molecular weight is 289 g/mol. The van der Waals surface area contributed by atoms with E-state index in [1.165, 1.54) is 18.2 Å². The molecule has 1 aliphatic rings. The summed E-state index contributed by atoms with van der Waals surface area (Å²) < 4.78 is 13.5. The zero-order valence-electron chi connectivity index (χ0n) is 12.2. The molecule has 1 atom stereocenters. The van der Waals surface area contributed by atoms with Gasteiger partial charge >= 0.3 is 0 Å². The van der Waals surface area contributed by atoms with Crippen molar-refractivity contribution in [2.45, 2.75) is 38.6 Å². The number of nitrogens with zero attached hydrogens (tertiary/aromatic N) is 1. The molecule has 0 aliphatic carbocycles. The maximum atomic E-state index is 13.5. The van der Waals surface area contributed by atoms with Crippen molar-refractivity contribution in [1.29, 1.82) is 0 Å². The zero-order valence-corrected chi connectivity index (χ0v) is 12.2. The molecule has 1 fully saturated rings. The minimum absolute atomic E-state index is 0.0271. The number of rotatable bonds is 2. The van der Waals surface area contributed by atoms with E-state index in [-0.39, 0.29) is 18.6 Å². The number of hydrogen-bond acceptors (Lipinski definition) is 2. The largest absolute Gasteiger partial charge is 0.395 e. The van der Waals surface area contributed by atoms with Gasteiger partial charge in [-0.15, -0.1) is 0 Å². The van der Waals surface area contributed by atoms with Crippen molar-refractivity contribution in [3.05, 3.63) is 35.1 Å². The van der Waals surface area contributed by atoms with Crippen LogP contribution in [0.4, 0.5) is 4.39 Å². The first-order valence-corrected chi connectivity index (χ1v) is 7.33. The SMILES string of the molecule is CC1CCCCN1C(=O)c1cc(F)ccc1C#CCCO. The molecule has 3 nitrogen and oxygen atoms in total. The van der Waals surface area contributed by atoms with Crippen molar-refractivity contribution in [1.82, 2.24) is 4.90 Å². The van der Waals surface area contributed by atoms with Crippen LogP contribution in [0.2, 0.25) is 0 Å². The number of halogens is 1. The Morgan fingerprint density at radius 3 is 3.00 bits per heavy atom. The van der Waals surface area contributed by atoms with Crippen LogP contribution in [0.25, 0.3) is 0 Å². The number of aliphatic hydroxyl groups is 1. The van der Waals surface area contributed by atoms with Crippen molar-refractivity contribution in [2.24, 2.45) is 0 Å². The molecule has 1 heterocycles. The van der Waals surface area contributed by atoms with Gasteiger partial charge in [0.1, 0.15) is 5.82 Å². The normalized spacial score (nSPS) is 18.0. The van der Waals surface area contributed by atoms with Gasteiger partial charge < -0.3 is 10.0 Å². The number of piperidine rings is 1. The van der Waals surface area contributed by atoms with Gasteiger partial charge in [0.05, 0.1) is 12.2 Å². The molecule has 1 amide bonds. The van der Waals surface area contributed by atoms with Gasteiger partial charge in [0.15, 0.2) is 0 Å². The number of hydrogen-bond donors (Lipinski definition) is 1. The molecule has 1 N–H and O–H groups in total. The Kier molecular flexibility index (Phi) is 5.35. The molecule has 0 bridgehead atoms. The van der Waals surface area contributed by atoms with Crippen molar-refractivity contribution < 1.29 is 14.3 Å². The van der Waals surface area contributed by atoms with E-state index in [1.54, 1.807) is 4.90 Å². The third-order valence-corrected chi connectivity index (χ3v) is 3.74. The molecule has 4 heteroatoms. The molecular weight excluding hydrogens is 269 g/mol. The highest BCUT2D eigenvalue weighted by molar-refractivity contribution is 5.97. The molecule has 0 aromatic heterocycles. The fourth-order valence-corrected chi connectivity index (χ4v) is 2.57. The van der Waals surface area contributed by atoms with Gasteiger partial charge in [0.2, 0.25) is 0 Å². The third kappa shape index (κ3) is 3.83. The number of likely N-dealkylation sites (tertiary alicyclic amines) is 1. The highest BCUT2D eigenvalue weighted by Gasteiger charge is 2.25. The van der Waals surface area contributed by atoms with Crippen LogP contribution >= 0.6 is 0 Å². The second-order valence-electron chi connectivity index (χ2n) is 5.31. The first kappa shape index (κ1) is 15.5. The Balaban J connectivity index is 2.30. The quantitative estimate of drug-likeness (QED) is 0.850. The van der Waals surface area contributed by atoms with Gasteiger partial charge in [-0.1, -0.05) is 11.8 Å². The van der Waals surface area contributed by atoms with Crippen molar-refractivity contribution in [3.8, 4) is 11.8 Å². The van der Waals surface area contributed by atoms with Crippen LogP contribution in [0.15, 0.2) is 18.2 Å². The summed E-state index contributed by atoms with van der Waals surface area (Å²) in [4.78, 5) is 14.5. The van der Waals surface area contributed by atoms with Crippen LogP contribution in [0.5, 0.6) is 0 Å². The molecule has 0 spiro atoms. The van der Waals surface area contributed by atoms with Gasteiger partial charge in [0, 0.05) is 24.6 Å². The number of carbonyl (C=O) groups excluding carboxylic acids is 1. The summed E-state index contributed by atoms with van der Waals surface area (Å²) in [6, 6.07) is 4.26. The molecule has 21 heavy (non-hydrogen) atoms. The molecule has 1 saturated heterocycles. The van der Waals surface area contributed by atoms with E-state index < -0.39 is 5.82 Å². The topological polar surface area (TPSA) is 40.5 Å². The predicted octanol–water partition coefficient (Wildman–Crippen LogP) is 2.57. The molecule has 1 aromatic carbocycles. The van der Waals surface area contributed by atoms with E-state index in [4.69, 9.17) is 5.11 Å². The van der Waals surface area contributed by atoms with Crippen LogP contribution in [0.3, 0.4) is 0 Å². The van der Waals surface area contributed by atoms with Gasteiger partial charge in [-0.3, -0.25) is 4.79 Å². The lowest BCUT2D eigenvalue weighted by Crippen LogP contribution is -2.42. The van der Waals surface area contributed by atoms with Crippen molar-refractivity contribution in [3.63, 3.8) is 0 Å². The van der Waals surface area contributed by atoms with E-state index in [2.05, 4.69) is 11.8 Å². The summed E-state index contributed by atoms with van der Waals surface area (Å²) in [5.74, 6) is 5.05. The standard InChI is InChI=1S/C17H20FNO2/c1-13-6-2-4-10-19(13)17(21)16-12-15(18)9-8-14(16)7-3-5-11-20/h8-9,12-13,20H,2,4-6,10-11H2,1H3. The Labute approximate surface area is 124 Å². The molecule has 1 aliphatic heterocycles. The number of amides is 1. The number of aliphatic hydroxyl groups excluding tert-OH is 1. The smallest absolute Gasteiger partial charge is 0.255 e. The third-order valence-electron chi connectivity index (χ3n) is 3.74. The summed E-state index contributed by atoms with van der Waals surface area (Å²) in [6.45, 7) is 2.70. The molecule has 112 valence electrons. The number of benzene rings is 1. The van der Waals surface area contributed by atoms with Gasteiger partial charge in [-0.2, -0.15) is 0 Å². The fraction of sp³-hybridized carbons (Fsp3) is 0.471. The van der Waals surface area contributed by atoms with Crippen LogP contribution in [0.1, 0.15) is 48.5 Å². The second-order valence-corrected chi connectivity index (χ2v) is 5.31. The minimum atomic E-state index is -0.435. The van der Waals surface area contributed by atoms with Gasteiger partial charge in [0.25, 0.3) is 5.91 Å². The summed E-state index contributed by atoms with van der Waals surface area (Å²) in [5.41, 5.74) is 0.835. The average Bonchev–Trinajstić information content (AvgIpc) is 2.49. The molecule has 1 unspecified atom stereocenters. The molecule has 2 rings (SSSR count). The molecular formula is C17H20FNO2. The van der Waals surface area contributed by atoms with Crippen molar-refractivity contribution in [2.75, 3.05) is 13.2 Å². The Morgan fingerprint density at radius 2 is 2.29 bits per heavy atom. The van der Waals surface area contributed by atoms with E-state index >= 15 is 0 Å². The maximum Gasteiger partial charge on any atom is 0.255 e. The Hall–Kier alpha value is -1.86. The van der Waals surface area contributed by atoms with E-state index in [1.807, 2.05) is 6.92 Å². The summed E-state index contributed by atoms with van der Waals surface area (Å²) in [7, 11) is 0. The van der Waals surface area contributed by atoms with Crippen LogP contribution in [-0.4, -0.2) is 35.1 Å². The van der Waals surface area contributed by atoms with Crippen LogP contribution in [0, 0.1) is 17.7 Å². The lowest BCUT2D eigenvalue weighted by molar-refractivity contribution is 0.0635. The lowest BCUT2D eigenvalue weighted by Gasteiger charge is -2.33. The van der Waals surface area contributed by atoms with Crippen LogP contribution in [-0.2, 0) is 0 Å². The van der Waals surface area contributed by atoms with Gasteiger partial charge in [-0.05, 0) is 44.4 Å². The monoisotopic (exact) mass is 289 g/mol. The zero-order chi connectivity index (χ0) is 15.2. The van der Waals surface area contributed by atoms with E-state index in [9.17, 15) is 9.18 Å². The second kappa shape index (κ2) is 7.24. The molecule has 0 radical (unpaired) electrons. The Bertz CT molecular complexity index is 574. The maximum absolute atomic E-state index is 13.5. The van der Waals surface area contributed by atoms with E-state index in [0.29, 0.717) is 24.1 Å². The van der Waals surface area contributed by atoms with E-state index in [0.717, 1.165) is 19.3 Å². The molecule has 0 saturated carbocycles. The van der Waals surface area contributed by atoms with Crippen LogP contribution < -0.4 is 0 Å². The predicted molar refractivity (Wildman–Crippen MR) is 79.3 cm³/mol. The lowest BCUT2D eigenvalue weighted by atomic mass is 10.00. The highest BCUT2D eigenvalue weighted by atomic mass is 19.1. The minimum Gasteiger partial charge on any atom is -0.395 e. The summed E-state index contributed by atoms with van der Waals surface area (Å²) in [5, 5.41) is 8.77. The molecule has 1 aromatic rings. The fourth-order valence-electron chi connectivity index (χ4n) is 2.57. The highest BCUT2D eigenvalue weighted by Crippen LogP contribution is 2.21. The first-order valence-electron chi connectivity index (χ1n) is 7.33. The summed E-state index contributed by atoms with van der Waals surface area (Å²) >= 11 is 0. The first-order chi connectivity index (χ1) is 10.1. The van der Waals surface area contributed by atoms with Gasteiger partial charge in [-0.25, -0.2) is 4.39 Å². The van der Waals surface area contributed by atoms with Crippen molar-refractivity contribution >= 4 is 5.91 Å². The Morgan fingerprint density at radius 1 is 1.48 bits per heavy atom. The summed E-state index contributed by atoms with van der Waals surface area (Å²) in [6.07, 6.45) is 3.42. The number of carbonyl (C=O) groups is 1.